The molecule has 4 nitrogen and oxygen atoms in total. The molecule has 0 radical (unpaired) electrons. The van der Waals surface area contributed by atoms with Gasteiger partial charge in [0.05, 0.1) is 5.75 Å². The fraction of sp³-hybridized carbons (Fsp3) is 1.00. The number of piperazine rings is 1. The fourth-order valence-corrected chi connectivity index (χ4v) is 3.33. The monoisotopic (exact) mass is 276 g/mol. The summed E-state index contributed by atoms with van der Waals surface area (Å²) in [5.74, 6) is 1.32. The van der Waals surface area contributed by atoms with Crippen LogP contribution in [0.4, 0.5) is 0 Å². The summed E-state index contributed by atoms with van der Waals surface area (Å²) < 4.78 is 22.8. The molecule has 1 atom stereocenters. The van der Waals surface area contributed by atoms with E-state index < -0.39 is 9.84 Å². The van der Waals surface area contributed by atoms with Crippen LogP contribution in [0.3, 0.4) is 0 Å². The average Bonchev–Trinajstić information content (AvgIpc) is 2.28. The number of nitrogens with zero attached hydrogens (tertiary/aromatic N) is 1. The van der Waals surface area contributed by atoms with Gasteiger partial charge in [-0.1, -0.05) is 20.8 Å². The van der Waals surface area contributed by atoms with Crippen molar-refractivity contribution in [2.24, 2.45) is 5.92 Å². The Balaban J connectivity index is 2.26. The molecule has 0 aromatic carbocycles. The Kier molecular flexibility index (Phi) is 6.60. The van der Waals surface area contributed by atoms with Gasteiger partial charge in [0.1, 0.15) is 9.84 Å². The van der Waals surface area contributed by atoms with E-state index in [9.17, 15) is 8.42 Å². The molecule has 1 saturated heterocycles. The van der Waals surface area contributed by atoms with Gasteiger partial charge in [-0.2, -0.15) is 0 Å². The molecular weight excluding hydrogens is 248 g/mol. The van der Waals surface area contributed by atoms with Gasteiger partial charge in [-0.05, 0) is 25.3 Å². The second kappa shape index (κ2) is 7.46. The summed E-state index contributed by atoms with van der Waals surface area (Å²) in [5, 5.41) is 3.54. The molecule has 1 aliphatic rings. The lowest BCUT2D eigenvalue weighted by molar-refractivity contribution is 0.187. The second-order valence-corrected chi connectivity index (χ2v) is 8.14. The Morgan fingerprint density at radius 2 is 2.11 bits per heavy atom. The summed E-state index contributed by atoms with van der Waals surface area (Å²) in [7, 11) is -2.80. The van der Waals surface area contributed by atoms with E-state index in [-0.39, 0.29) is 5.75 Å². The molecule has 108 valence electrons. The molecule has 0 aliphatic carbocycles. The van der Waals surface area contributed by atoms with Crippen molar-refractivity contribution in [1.29, 1.82) is 0 Å². The number of sulfone groups is 1. The van der Waals surface area contributed by atoms with Crippen LogP contribution in [0.2, 0.25) is 0 Å². The molecule has 0 bridgehead atoms. The van der Waals surface area contributed by atoms with E-state index >= 15 is 0 Å². The lowest BCUT2D eigenvalue weighted by Crippen LogP contribution is -2.51. The van der Waals surface area contributed by atoms with Gasteiger partial charge in [0.25, 0.3) is 0 Å². The summed E-state index contributed by atoms with van der Waals surface area (Å²) >= 11 is 0. The molecular formula is C13H28N2O2S. The first-order valence-corrected chi connectivity index (χ1v) is 8.91. The first-order valence-electron chi connectivity index (χ1n) is 7.09. The highest BCUT2D eigenvalue weighted by Gasteiger charge is 2.20. The number of nitrogens with one attached hydrogen (secondary N) is 1. The van der Waals surface area contributed by atoms with E-state index in [1.807, 2.05) is 0 Å². The number of hydrogen-bond acceptors (Lipinski definition) is 4. The first-order chi connectivity index (χ1) is 8.43. The Bertz CT molecular complexity index is 328. The zero-order valence-electron chi connectivity index (χ0n) is 12.0. The fourth-order valence-electron chi connectivity index (χ4n) is 2.48. The summed E-state index contributed by atoms with van der Waals surface area (Å²) in [6.45, 7) is 10.3. The maximum absolute atomic E-state index is 11.4. The van der Waals surface area contributed by atoms with Crippen LogP contribution in [-0.2, 0) is 9.84 Å². The average molecular weight is 276 g/mol. The Hall–Kier alpha value is -0.130. The third-order valence-corrected chi connectivity index (χ3v) is 5.26. The molecule has 0 spiro atoms. The van der Waals surface area contributed by atoms with Crippen molar-refractivity contribution in [2.45, 2.75) is 39.7 Å². The van der Waals surface area contributed by atoms with E-state index in [0.29, 0.717) is 17.7 Å². The zero-order chi connectivity index (χ0) is 13.6. The molecule has 1 rings (SSSR count). The van der Waals surface area contributed by atoms with Gasteiger partial charge in [-0.15, -0.1) is 0 Å². The lowest BCUT2D eigenvalue weighted by Gasteiger charge is -2.34. The van der Waals surface area contributed by atoms with E-state index in [0.717, 1.165) is 32.6 Å². The second-order valence-electron chi connectivity index (χ2n) is 5.67. The molecule has 1 N–H and O–H groups in total. The zero-order valence-corrected chi connectivity index (χ0v) is 12.8. The minimum absolute atomic E-state index is 0.268. The molecule has 1 unspecified atom stereocenters. The summed E-state index contributed by atoms with van der Waals surface area (Å²) in [4.78, 5) is 2.40. The summed E-state index contributed by atoms with van der Waals surface area (Å²) in [6.07, 6.45) is 1.97. The lowest BCUT2D eigenvalue weighted by atomic mass is 10.0. The first kappa shape index (κ1) is 15.9. The highest BCUT2D eigenvalue weighted by molar-refractivity contribution is 7.91. The molecule has 5 heteroatoms. The SMILES string of the molecule is CCS(=O)(=O)CCCN1CCNC(CC(C)C)C1. The third-order valence-electron chi connectivity index (χ3n) is 3.47. The minimum Gasteiger partial charge on any atom is -0.311 e. The van der Waals surface area contributed by atoms with Gasteiger partial charge < -0.3 is 10.2 Å². The van der Waals surface area contributed by atoms with Crippen LogP contribution in [0.5, 0.6) is 0 Å². The van der Waals surface area contributed by atoms with Crippen molar-refractivity contribution in [2.75, 3.05) is 37.7 Å². The van der Waals surface area contributed by atoms with Crippen molar-refractivity contribution in [3.63, 3.8) is 0 Å². The molecule has 1 aliphatic heterocycles. The molecule has 1 heterocycles. The predicted molar refractivity (Wildman–Crippen MR) is 76.6 cm³/mol. The van der Waals surface area contributed by atoms with E-state index in [1.165, 1.54) is 6.42 Å². The molecule has 18 heavy (non-hydrogen) atoms. The molecule has 1 fully saturated rings. The standard InChI is InChI=1S/C13H28N2O2S/c1-4-18(16,17)9-5-7-15-8-6-14-13(11-15)10-12(2)3/h12-14H,4-11H2,1-3H3. The van der Waals surface area contributed by atoms with Crippen LogP contribution in [0, 0.1) is 5.92 Å². The van der Waals surface area contributed by atoms with Gasteiger partial charge in [-0.25, -0.2) is 8.42 Å². The van der Waals surface area contributed by atoms with E-state index in [4.69, 9.17) is 0 Å². The van der Waals surface area contributed by atoms with Crippen LogP contribution in [0.25, 0.3) is 0 Å². The maximum atomic E-state index is 11.4. The molecule has 0 aromatic heterocycles. The van der Waals surface area contributed by atoms with Crippen LogP contribution >= 0.6 is 0 Å². The van der Waals surface area contributed by atoms with E-state index in [2.05, 4.69) is 24.1 Å². The van der Waals surface area contributed by atoms with Gasteiger partial charge in [0.15, 0.2) is 0 Å². The van der Waals surface area contributed by atoms with Gasteiger partial charge in [0, 0.05) is 31.4 Å². The Morgan fingerprint density at radius 1 is 1.39 bits per heavy atom. The third kappa shape index (κ3) is 6.16. The van der Waals surface area contributed by atoms with Gasteiger partial charge in [-0.3, -0.25) is 0 Å². The van der Waals surface area contributed by atoms with Gasteiger partial charge in [0.2, 0.25) is 0 Å². The maximum Gasteiger partial charge on any atom is 0.150 e. The summed E-state index contributed by atoms with van der Waals surface area (Å²) in [6, 6.07) is 0.571. The van der Waals surface area contributed by atoms with Crippen LogP contribution in [0.1, 0.15) is 33.6 Å². The van der Waals surface area contributed by atoms with Crippen molar-refractivity contribution < 1.29 is 8.42 Å². The topological polar surface area (TPSA) is 49.4 Å². The molecule has 0 saturated carbocycles. The Labute approximate surface area is 112 Å². The number of hydrogen-bond donors (Lipinski definition) is 1. The summed E-state index contributed by atoms with van der Waals surface area (Å²) in [5.41, 5.74) is 0. The highest BCUT2D eigenvalue weighted by atomic mass is 32.2. The van der Waals surface area contributed by atoms with Crippen LogP contribution in [0.15, 0.2) is 0 Å². The highest BCUT2D eigenvalue weighted by Crippen LogP contribution is 2.10. The van der Waals surface area contributed by atoms with Crippen LogP contribution in [-0.4, -0.2) is 57.0 Å². The molecule has 0 amide bonds. The number of rotatable bonds is 7. The molecule has 0 aromatic rings. The Morgan fingerprint density at radius 3 is 2.72 bits per heavy atom. The minimum atomic E-state index is -2.80. The van der Waals surface area contributed by atoms with Crippen LogP contribution < -0.4 is 5.32 Å². The van der Waals surface area contributed by atoms with E-state index in [1.54, 1.807) is 6.92 Å². The van der Waals surface area contributed by atoms with Crippen molar-refractivity contribution in [3.05, 3.63) is 0 Å². The normalized spacial score (nSPS) is 22.6. The smallest absolute Gasteiger partial charge is 0.150 e. The van der Waals surface area contributed by atoms with Crippen molar-refractivity contribution >= 4 is 9.84 Å². The van der Waals surface area contributed by atoms with Crippen molar-refractivity contribution in [3.8, 4) is 0 Å². The largest absolute Gasteiger partial charge is 0.311 e. The predicted octanol–water partition coefficient (Wildman–Crippen LogP) is 1.13. The van der Waals surface area contributed by atoms with Crippen molar-refractivity contribution in [1.82, 2.24) is 10.2 Å². The van der Waals surface area contributed by atoms with Gasteiger partial charge >= 0.3 is 0 Å². The quantitative estimate of drug-likeness (QED) is 0.757.